The van der Waals surface area contributed by atoms with E-state index < -0.39 is 6.09 Å². The first kappa shape index (κ1) is 21.0. The monoisotopic (exact) mass is 414 g/mol. The molecule has 29 heavy (non-hydrogen) atoms. The van der Waals surface area contributed by atoms with Gasteiger partial charge in [0.25, 0.3) is 0 Å². The largest absolute Gasteiger partial charge is 0.483 e. The van der Waals surface area contributed by atoms with Crippen molar-refractivity contribution in [2.24, 2.45) is 4.40 Å². The molecule has 154 valence electrons. The number of amides is 1. The third-order valence-electron chi connectivity index (χ3n) is 4.26. The lowest BCUT2D eigenvalue weighted by atomic mass is 10.0. The molecule has 0 bridgehead atoms. The van der Waals surface area contributed by atoms with Gasteiger partial charge < -0.3 is 14.2 Å². The summed E-state index contributed by atoms with van der Waals surface area (Å²) in [6.45, 7) is 9.78. The highest BCUT2D eigenvalue weighted by Gasteiger charge is 2.33. The van der Waals surface area contributed by atoms with Crippen molar-refractivity contribution in [1.29, 1.82) is 0 Å². The Morgan fingerprint density at radius 1 is 1.17 bits per heavy atom. The standard InChI is InChI=1S/C22H26N2O4S/c1-14-10-15(2)12-18(11-14)26-16(3)23-29-24(6)21(25)27-19-9-7-8-17-13-22(4,5)28-20(17)19/h7-12H,13H2,1-6H3. The molecule has 0 aliphatic carbocycles. The number of aryl methyl sites for hydroxylation is 2. The van der Waals surface area contributed by atoms with Crippen LogP contribution in [-0.2, 0) is 6.42 Å². The van der Waals surface area contributed by atoms with Crippen molar-refractivity contribution in [3.63, 3.8) is 0 Å². The van der Waals surface area contributed by atoms with Crippen LogP contribution in [0.3, 0.4) is 0 Å². The number of nitrogens with zero attached hydrogens (tertiary/aromatic N) is 2. The van der Waals surface area contributed by atoms with Crippen molar-refractivity contribution in [2.45, 2.75) is 46.6 Å². The van der Waals surface area contributed by atoms with Gasteiger partial charge in [0.2, 0.25) is 0 Å². The van der Waals surface area contributed by atoms with E-state index in [-0.39, 0.29) is 5.60 Å². The van der Waals surface area contributed by atoms with E-state index >= 15 is 0 Å². The van der Waals surface area contributed by atoms with Gasteiger partial charge in [-0.2, -0.15) is 4.40 Å². The Labute approximate surface area is 176 Å². The van der Waals surface area contributed by atoms with Crippen LogP contribution in [0.25, 0.3) is 0 Å². The fraction of sp³-hybridized carbons (Fsp3) is 0.364. The van der Waals surface area contributed by atoms with Crippen molar-refractivity contribution in [3.8, 4) is 17.2 Å². The Kier molecular flexibility index (Phi) is 6.07. The van der Waals surface area contributed by atoms with Gasteiger partial charge in [0.15, 0.2) is 17.4 Å². The first-order valence-electron chi connectivity index (χ1n) is 9.37. The predicted octanol–water partition coefficient (Wildman–Crippen LogP) is 5.51. The average molecular weight is 415 g/mol. The maximum atomic E-state index is 12.5. The summed E-state index contributed by atoms with van der Waals surface area (Å²) in [5.41, 5.74) is 2.95. The Morgan fingerprint density at radius 2 is 1.86 bits per heavy atom. The van der Waals surface area contributed by atoms with E-state index in [2.05, 4.69) is 10.5 Å². The zero-order valence-corrected chi connectivity index (χ0v) is 18.4. The molecule has 0 atom stereocenters. The van der Waals surface area contributed by atoms with Crippen molar-refractivity contribution in [2.75, 3.05) is 7.05 Å². The third kappa shape index (κ3) is 5.44. The Morgan fingerprint density at radius 3 is 2.55 bits per heavy atom. The van der Waals surface area contributed by atoms with E-state index in [4.69, 9.17) is 14.2 Å². The second-order valence-electron chi connectivity index (χ2n) is 7.77. The fourth-order valence-corrected chi connectivity index (χ4v) is 3.54. The van der Waals surface area contributed by atoms with Crippen LogP contribution in [0.2, 0.25) is 0 Å². The highest BCUT2D eigenvalue weighted by Crippen LogP contribution is 2.42. The van der Waals surface area contributed by atoms with Crippen LogP contribution in [0.1, 0.15) is 37.5 Å². The lowest BCUT2D eigenvalue weighted by Gasteiger charge is -2.18. The molecule has 1 aliphatic rings. The average Bonchev–Trinajstić information content (AvgIpc) is 2.93. The van der Waals surface area contributed by atoms with E-state index in [0.717, 1.165) is 35.2 Å². The molecule has 1 amide bonds. The number of rotatable bonds is 4. The summed E-state index contributed by atoms with van der Waals surface area (Å²) in [5, 5.41) is 0. The van der Waals surface area contributed by atoms with Gasteiger partial charge >= 0.3 is 6.09 Å². The minimum atomic E-state index is -0.542. The van der Waals surface area contributed by atoms with Crippen molar-refractivity contribution in [1.82, 2.24) is 4.31 Å². The molecule has 6 nitrogen and oxygen atoms in total. The lowest BCUT2D eigenvalue weighted by Crippen LogP contribution is -2.25. The van der Waals surface area contributed by atoms with Gasteiger partial charge in [-0.3, -0.25) is 0 Å². The van der Waals surface area contributed by atoms with E-state index in [0.29, 0.717) is 23.1 Å². The number of para-hydroxylation sites is 1. The summed E-state index contributed by atoms with van der Waals surface area (Å²) in [5.74, 6) is 2.19. The summed E-state index contributed by atoms with van der Waals surface area (Å²) < 4.78 is 22.7. The first-order chi connectivity index (χ1) is 13.6. The van der Waals surface area contributed by atoms with Crippen LogP contribution in [-0.4, -0.2) is 28.9 Å². The smallest absolute Gasteiger partial charge is 0.426 e. The highest BCUT2D eigenvalue weighted by molar-refractivity contribution is 7.96. The van der Waals surface area contributed by atoms with Crippen LogP contribution < -0.4 is 14.2 Å². The minimum absolute atomic E-state index is 0.307. The lowest BCUT2D eigenvalue weighted by molar-refractivity contribution is 0.132. The zero-order valence-electron chi connectivity index (χ0n) is 17.6. The SMILES string of the molecule is CC(=NSN(C)C(=O)Oc1cccc2c1OC(C)(C)C2)Oc1cc(C)cc(C)c1. The Hall–Kier alpha value is -2.67. The summed E-state index contributed by atoms with van der Waals surface area (Å²) >= 11 is 0.954. The molecule has 0 saturated heterocycles. The van der Waals surface area contributed by atoms with Crippen LogP contribution >= 0.6 is 12.1 Å². The maximum Gasteiger partial charge on any atom is 0.426 e. The second kappa shape index (κ2) is 8.37. The van der Waals surface area contributed by atoms with Crippen LogP contribution in [0.5, 0.6) is 17.2 Å². The van der Waals surface area contributed by atoms with E-state index in [1.54, 1.807) is 20.0 Å². The molecule has 3 rings (SSSR count). The van der Waals surface area contributed by atoms with Crippen LogP contribution in [0.15, 0.2) is 40.8 Å². The minimum Gasteiger partial charge on any atom is -0.483 e. The maximum absolute atomic E-state index is 12.5. The quantitative estimate of drug-likeness (QED) is 0.375. The molecule has 0 aromatic heterocycles. The summed E-state index contributed by atoms with van der Waals surface area (Å²) in [7, 11) is 1.59. The molecule has 0 saturated carbocycles. The number of fused-ring (bicyclic) bond motifs is 1. The van der Waals surface area contributed by atoms with E-state index in [9.17, 15) is 4.79 Å². The van der Waals surface area contributed by atoms with E-state index in [1.807, 2.05) is 52.0 Å². The zero-order chi connectivity index (χ0) is 21.2. The molecule has 0 unspecified atom stereocenters. The second-order valence-corrected chi connectivity index (χ2v) is 8.66. The molecule has 1 aliphatic heterocycles. The fourth-order valence-electron chi connectivity index (χ4n) is 3.16. The summed E-state index contributed by atoms with van der Waals surface area (Å²) in [4.78, 5) is 12.5. The molecule has 0 radical (unpaired) electrons. The van der Waals surface area contributed by atoms with Crippen molar-refractivity contribution in [3.05, 3.63) is 53.1 Å². The van der Waals surface area contributed by atoms with Gasteiger partial charge in [-0.15, -0.1) is 0 Å². The number of ether oxygens (including phenoxy) is 3. The number of hydrogen-bond acceptors (Lipinski definition) is 6. The normalized spacial score (nSPS) is 14.8. The molecule has 7 heteroatoms. The molecular formula is C22H26N2O4S. The number of hydrogen-bond donors (Lipinski definition) is 0. The Bertz CT molecular complexity index is 936. The van der Waals surface area contributed by atoms with Gasteiger partial charge in [0.1, 0.15) is 23.5 Å². The highest BCUT2D eigenvalue weighted by atomic mass is 32.2. The molecule has 1 heterocycles. The Balaban J connectivity index is 1.60. The van der Waals surface area contributed by atoms with Crippen molar-refractivity contribution < 1.29 is 19.0 Å². The third-order valence-corrected chi connectivity index (χ3v) is 4.99. The van der Waals surface area contributed by atoms with Crippen LogP contribution in [0.4, 0.5) is 4.79 Å². The van der Waals surface area contributed by atoms with Gasteiger partial charge in [0.05, 0.1) is 0 Å². The predicted molar refractivity (Wildman–Crippen MR) is 116 cm³/mol. The summed E-state index contributed by atoms with van der Waals surface area (Å²) in [6.07, 6.45) is 0.233. The van der Waals surface area contributed by atoms with Crippen molar-refractivity contribution >= 4 is 24.1 Å². The van der Waals surface area contributed by atoms with Gasteiger partial charge in [-0.25, -0.2) is 9.10 Å². The van der Waals surface area contributed by atoms with E-state index in [1.165, 1.54) is 4.31 Å². The molecule has 0 fully saturated rings. The van der Waals surface area contributed by atoms with Crippen LogP contribution in [0, 0.1) is 13.8 Å². The van der Waals surface area contributed by atoms with Gasteiger partial charge in [-0.1, -0.05) is 18.2 Å². The first-order valence-corrected chi connectivity index (χ1v) is 10.1. The topological polar surface area (TPSA) is 60.4 Å². The molecule has 0 spiro atoms. The number of carbonyl (C=O) groups excluding carboxylic acids is 1. The van der Waals surface area contributed by atoms with Gasteiger partial charge in [0, 0.05) is 26.0 Å². The molecule has 2 aromatic carbocycles. The molecule has 0 N–H and O–H groups in total. The summed E-state index contributed by atoms with van der Waals surface area (Å²) in [6, 6.07) is 11.5. The molecular weight excluding hydrogens is 388 g/mol. The molecule has 2 aromatic rings. The number of benzene rings is 2. The number of carbonyl (C=O) groups is 1. The van der Waals surface area contributed by atoms with Gasteiger partial charge in [-0.05, 0) is 57.0 Å².